The minimum absolute atomic E-state index is 0.0789. The van der Waals surface area contributed by atoms with Crippen LogP contribution in [0.15, 0.2) is 103 Å². The third kappa shape index (κ3) is 10.7. The molecule has 0 heterocycles. The molecule has 0 fully saturated rings. The molecule has 196 valence electrons. The molecule has 0 bridgehead atoms. The van der Waals surface area contributed by atoms with Gasteiger partial charge in [0.15, 0.2) is 0 Å². The molecular formula is C31H36O6. The van der Waals surface area contributed by atoms with Crippen molar-refractivity contribution in [1.82, 2.24) is 0 Å². The molecule has 0 spiro atoms. The summed E-state index contributed by atoms with van der Waals surface area (Å²) in [5, 5.41) is 11.2. The van der Waals surface area contributed by atoms with E-state index in [2.05, 4.69) is 0 Å². The second kappa shape index (κ2) is 16.5. The Morgan fingerprint density at radius 1 is 0.784 bits per heavy atom. The molecule has 0 saturated heterocycles. The van der Waals surface area contributed by atoms with Crippen LogP contribution in [0.2, 0.25) is 0 Å². The van der Waals surface area contributed by atoms with Crippen LogP contribution in [-0.4, -0.2) is 43.1 Å². The number of aliphatic hydroxyl groups is 1. The second-order valence-corrected chi connectivity index (χ2v) is 8.63. The van der Waals surface area contributed by atoms with Crippen molar-refractivity contribution in [3.8, 4) is 0 Å². The fourth-order valence-corrected chi connectivity index (χ4v) is 3.72. The number of aliphatic hydroxyl groups excluding tert-OH is 1. The van der Waals surface area contributed by atoms with E-state index in [9.17, 15) is 9.90 Å². The third-order valence-electron chi connectivity index (χ3n) is 5.74. The molecule has 3 atom stereocenters. The second-order valence-electron chi connectivity index (χ2n) is 8.63. The molecule has 0 aliphatic heterocycles. The quantitative estimate of drug-likeness (QED) is 0.212. The molecule has 6 heteroatoms. The number of carbonyl (C=O) groups is 1. The van der Waals surface area contributed by atoms with Crippen LogP contribution >= 0.6 is 0 Å². The molecule has 0 aliphatic rings. The summed E-state index contributed by atoms with van der Waals surface area (Å²) in [4.78, 5) is 11.5. The van der Waals surface area contributed by atoms with Gasteiger partial charge in [-0.1, -0.05) is 103 Å². The maximum absolute atomic E-state index is 11.5. The Morgan fingerprint density at radius 2 is 1.30 bits per heavy atom. The molecule has 0 amide bonds. The monoisotopic (exact) mass is 504 g/mol. The highest BCUT2D eigenvalue weighted by atomic mass is 16.6. The van der Waals surface area contributed by atoms with Gasteiger partial charge in [0, 0.05) is 6.42 Å². The zero-order valence-electron chi connectivity index (χ0n) is 21.3. The van der Waals surface area contributed by atoms with Gasteiger partial charge in [0.1, 0.15) is 18.3 Å². The van der Waals surface area contributed by atoms with E-state index in [0.29, 0.717) is 26.2 Å². The smallest absolute Gasteiger partial charge is 0.305 e. The van der Waals surface area contributed by atoms with Gasteiger partial charge in [-0.3, -0.25) is 4.79 Å². The lowest BCUT2D eigenvalue weighted by atomic mass is 10.1. The highest BCUT2D eigenvalue weighted by molar-refractivity contribution is 5.69. The van der Waals surface area contributed by atoms with E-state index in [0.717, 1.165) is 16.7 Å². The van der Waals surface area contributed by atoms with Gasteiger partial charge in [-0.25, -0.2) is 0 Å². The van der Waals surface area contributed by atoms with Gasteiger partial charge in [0.05, 0.1) is 33.5 Å². The molecule has 0 aromatic heterocycles. The first-order chi connectivity index (χ1) is 18.2. The summed E-state index contributed by atoms with van der Waals surface area (Å²) in [6.45, 7) is 1.11. The minimum atomic E-state index is -0.946. The van der Waals surface area contributed by atoms with Gasteiger partial charge in [0.25, 0.3) is 0 Å². The number of carbonyl (C=O) groups excluding carboxylic acids is 1. The van der Waals surface area contributed by atoms with Crippen LogP contribution < -0.4 is 0 Å². The van der Waals surface area contributed by atoms with Gasteiger partial charge in [-0.05, 0) is 23.1 Å². The molecule has 0 aliphatic carbocycles. The molecule has 3 aromatic rings. The molecule has 3 aromatic carbocycles. The van der Waals surface area contributed by atoms with Crippen LogP contribution in [0.3, 0.4) is 0 Å². The van der Waals surface area contributed by atoms with E-state index in [4.69, 9.17) is 18.9 Å². The first kappa shape index (κ1) is 28.3. The molecule has 3 rings (SSSR count). The SMILES string of the molecule is COC(=O)CC/C=C\[C@@H](OCc1ccccc1)[C@H](OCc1ccccc1)[C@@H](O)COCc1ccccc1. The average Bonchev–Trinajstić information content (AvgIpc) is 2.95. The molecule has 1 N–H and O–H groups in total. The largest absolute Gasteiger partial charge is 0.469 e. The van der Waals surface area contributed by atoms with Gasteiger partial charge in [-0.15, -0.1) is 0 Å². The molecule has 6 nitrogen and oxygen atoms in total. The predicted molar refractivity (Wildman–Crippen MR) is 143 cm³/mol. The Balaban J connectivity index is 1.72. The summed E-state index contributed by atoms with van der Waals surface area (Å²) in [5.41, 5.74) is 3.02. The van der Waals surface area contributed by atoms with E-state index in [-0.39, 0.29) is 19.0 Å². The maximum atomic E-state index is 11.5. The number of allylic oxidation sites excluding steroid dienone is 1. The highest BCUT2D eigenvalue weighted by Crippen LogP contribution is 2.18. The Hall–Kier alpha value is -3.29. The topological polar surface area (TPSA) is 74.2 Å². The summed E-state index contributed by atoms with van der Waals surface area (Å²) in [6.07, 6.45) is 2.25. The predicted octanol–water partition coefficient (Wildman–Crippen LogP) is 5.24. The lowest BCUT2D eigenvalue weighted by Gasteiger charge is -2.29. The first-order valence-corrected chi connectivity index (χ1v) is 12.5. The molecule has 0 saturated carbocycles. The molecule has 37 heavy (non-hydrogen) atoms. The van der Waals surface area contributed by atoms with Crippen molar-refractivity contribution in [3.63, 3.8) is 0 Å². The van der Waals surface area contributed by atoms with E-state index >= 15 is 0 Å². The summed E-state index contributed by atoms with van der Waals surface area (Å²) < 4.78 is 23.1. The zero-order valence-corrected chi connectivity index (χ0v) is 21.3. The Labute approximate surface area is 219 Å². The third-order valence-corrected chi connectivity index (χ3v) is 5.74. The normalized spacial score (nSPS) is 13.8. The van der Waals surface area contributed by atoms with Crippen molar-refractivity contribution in [3.05, 3.63) is 120 Å². The molecule has 0 radical (unpaired) electrons. The lowest BCUT2D eigenvalue weighted by molar-refractivity contribution is -0.140. The van der Waals surface area contributed by atoms with Crippen molar-refractivity contribution in [2.24, 2.45) is 0 Å². The molecular weight excluding hydrogens is 468 g/mol. The van der Waals surface area contributed by atoms with E-state index in [1.165, 1.54) is 7.11 Å². The van der Waals surface area contributed by atoms with Crippen LogP contribution in [0.5, 0.6) is 0 Å². The van der Waals surface area contributed by atoms with Crippen molar-refractivity contribution in [2.75, 3.05) is 13.7 Å². The summed E-state index contributed by atoms with van der Waals surface area (Å²) in [5.74, 6) is -0.280. The maximum Gasteiger partial charge on any atom is 0.305 e. The lowest BCUT2D eigenvalue weighted by Crippen LogP contribution is -2.42. The van der Waals surface area contributed by atoms with Crippen LogP contribution in [0.4, 0.5) is 0 Å². The fourth-order valence-electron chi connectivity index (χ4n) is 3.72. The van der Waals surface area contributed by atoms with Crippen LogP contribution in [0, 0.1) is 0 Å². The van der Waals surface area contributed by atoms with Crippen molar-refractivity contribution in [2.45, 2.75) is 51.0 Å². The van der Waals surface area contributed by atoms with E-state index in [1.54, 1.807) is 0 Å². The van der Waals surface area contributed by atoms with Gasteiger partial charge >= 0.3 is 5.97 Å². The Bertz CT molecular complexity index is 1040. The standard InChI is InChI=1S/C31H36O6/c1-34-30(33)20-12-11-19-29(36-22-26-15-7-3-8-16-26)31(37-23-27-17-9-4-10-18-27)28(32)24-35-21-25-13-5-2-6-14-25/h2-11,13-19,28-29,31-32H,12,20-24H2,1H3/b19-11-/t28-,29+,31+/m0/s1. The van der Waals surface area contributed by atoms with Crippen molar-refractivity contribution in [1.29, 1.82) is 0 Å². The number of hydrogen-bond acceptors (Lipinski definition) is 6. The van der Waals surface area contributed by atoms with Crippen LogP contribution in [0.1, 0.15) is 29.5 Å². The number of methoxy groups -OCH3 is 1. The van der Waals surface area contributed by atoms with Gasteiger partial charge in [0.2, 0.25) is 0 Å². The van der Waals surface area contributed by atoms with Crippen molar-refractivity contribution >= 4 is 5.97 Å². The van der Waals surface area contributed by atoms with Gasteiger partial charge < -0.3 is 24.1 Å². The minimum Gasteiger partial charge on any atom is -0.469 e. The van der Waals surface area contributed by atoms with Gasteiger partial charge in [-0.2, -0.15) is 0 Å². The molecule has 0 unspecified atom stereocenters. The van der Waals surface area contributed by atoms with Crippen LogP contribution in [-0.2, 0) is 43.6 Å². The van der Waals surface area contributed by atoms with Crippen molar-refractivity contribution < 1.29 is 28.8 Å². The highest BCUT2D eigenvalue weighted by Gasteiger charge is 2.29. The first-order valence-electron chi connectivity index (χ1n) is 12.5. The number of esters is 1. The summed E-state index contributed by atoms with van der Waals surface area (Å²) in [6, 6.07) is 29.4. The summed E-state index contributed by atoms with van der Waals surface area (Å²) >= 11 is 0. The Kier molecular flexibility index (Phi) is 12.6. The summed E-state index contributed by atoms with van der Waals surface area (Å²) in [7, 11) is 1.37. The number of hydrogen-bond donors (Lipinski definition) is 1. The van der Waals surface area contributed by atoms with E-state index < -0.39 is 18.3 Å². The average molecular weight is 505 g/mol. The number of ether oxygens (including phenoxy) is 4. The number of rotatable bonds is 16. The zero-order chi connectivity index (χ0) is 26.1. The van der Waals surface area contributed by atoms with Crippen LogP contribution in [0.25, 0.3) is 0 Å². The van der Waals surface area contributed by atoms with E-state index in [1.807, 2.05) is 103 Å². The fraction of sp³-hybridized carbons (Fsp3) is 0.323. The Morgan fingerprint density at radius 3 is 1.84 bits per heavy atom. The number of benzene rings is 3.